The van der Waals surface area contributed by atoms with Gasteiger partial charge in [-0.2, -0.15) is 0 Å². The Kier molecular flexibility index (Phi) is 6.61. The van der Waals surface area contributed by atoms with Crippen molar-refractivity contribution in [2.24, 2.45) is 0 Å². The molecule has 1 heterocycles. The predicted molar refractivity (Wildman–Crippen MR) is 128 cm³/mol. The second-order valence-corrected chi connectivity index (χ2v) is 8.07. The van der Waals surface area contributed by atoms with Crippen molar-refractivity contribution in [1.29, 1.82) is 0 Å². The number of rotatable bonds is 8. The normalized spacial score (nSPS) is 13.6. The molecule has 2 amide bonds. The molecule has 5 nitrogen and oxygen atoms in total. The predicted octanol–water partition coefficient (Wildman–Crippen LogP) is 5.31. The van der Waals surface area contributed by atoms with Crippen LogP contribution in [0.3, 0.4) is 0 Å². The highest BCUT2D eigenvalue weighted by Gasteiger charge is 2.40. The molecule has 0 unspecified atom stereocenters. The number of amides is 2. The van der Waals surface area contributed by atoms with E-state index in [4.69, 9.17) is 9.47 Å². The Hall–Kier alpha value is -3.51. The highest BCUT2D eigenvalue weighted by atomic mass is 32.2. The average molecular weight is 446 g/mol. The maximum absolute atomic E-state index is 13.5. The first kappa shape index (κ1) is 21.7. The van der Waals surface area contributed by atoms with Gasteiger partial charge < -0.3 is 9.47 Å². The molecule has 1 aliphatic heterocycles. The molecular weight excluding hydrogens is 422 g/mol. The Labute approximate surface area is 191 Å². The topological polar surface area (TPSA) is 55.8 Å². The minimum Gasteiger partial charge on any atom is -0.497 e. The van der Waals surface area contributed by atoms with Crippen LogP contribution in [0, 0.1) is 0 Å². The molecule has 0 spiro atoms. The van der Waals surface area contributed by atoms with Gasteiger partial charge in [-0.1, -0.05) is 42.5 Å². The Morgan fingerprint density at radius 1 is 0.812 bits per heavy atom. The van der Waals surface area contributed by atoms with E-state index in [0.717, 1.165) is 11.3 Å². The zero-order valence-electron chi connectivity index (χ0n) is 17.9. The van der Waals surface area contributed by atoms with Crippen LogP contribution in [0.25, 0.3) is 5.57 Å². The van der Waals surface area contributed by atoms with Crippen molar-refractivity contribution in [2.45, 2.75) is 12.7 Å². The minimum absolute atomic E-state index is 0.315. The van der Waals surface area contributed by atoms with Gasteiger partial charge in [-0.25, -0.2) is 4.90 Å². The summed E-state index contributed by atoms with van der Waals surface area (Å²) >= 11 is 1.38. The first-order chi connectivity index (χ1) is 15.6. The van der Waals surface area contributed by atoms with Gasteiger partial charge in [-0.05, 0) is 54.4 Å². The number of carbonyl (C=O) groups is 2. The third kappa shape index (κ3) is 4.41. The van der Waals surface area contributed by atoms with Crippen molar-refractivity contribution in [2.75, 3.05) is 18.6 Å². The van der Waals surface area contributed by atoms with Gasteiger partial charge in [0.15, 0.2) is 0 Å². The van der Waals surface area contributed by atoms with Crippen LogP contribution in [-0.2, 0) is 15.3 Å². The van der Waals surface area contributed by atoms with Crippen LogP contribution in [0.4, 0.5) is 5.69 Å². The van der Waals surface area contributed by atoms with Gasteiger partial charge in [0.1, 0.15) is 11.5 Å². The summed E-state index contributed by atoms with van der Waals surface area (Å²) in [5.74, 6) is 1.32. The minimum atomic E-state index is -0.333. The molecule has 0 atom stereocenters. The number of benzene rings is 3. The van der Waals surface area contributed by atoms with Crippen LogP contribution in [0.1, 0.15) is 18.1 Å². The van der Waals surface area contributed by atoms with Crippen LogP contribution >= 0.6 is 11.8 Å². The molecule has 0 aliphatic carbocycles. The molecule has 0 saturated heterocycles. The Morgan fingerprint density at radius 3 is 2.09 bits per heavy atom. The van der Waals surface area contributed by atoms with E-state index in [-0.39, 0.29) is 11.8 Å². The second kappa shape index (κ2) is 9.75. The van der Waals surface area contributed by atoms with Gasteiger partial charge in [-0.15, -0.1) is 11.8 Å². The fraction of sp³-hybridized carbons (Fsp3) is 0.154. The summed E-state index contributed by atoms with van der Waals surface area (Å²) in [5.41, 5.74) is 2.70. The summed E-state index contributed by atoms with van der Waals surface area (Å²) in [6, 6.07) is 24.1. The Bertz CT molecular complexity index is 1140. The van der Waals surface area contributed by atoms with Crippen LogP contribution in [-0.4, -0.2) is 25.5 Å². The third-order valence-corrected chi connectivity index (χ3v) is 6.20. The standard InChI is InChI=1S/C26H23NO4S/c1-3-31-22-13-9-19(10-14-22)23-24(32-17-18-7-5-4-6-8-18)26(29)27(25(23)28)20-11-15-21(30-2)16-12-20/h4-16H,3,17H2,1-2H3. The lowest BCUT2D eigenvalue weighted by atomic mass is 10.1. The van der Waals surface area contributed by atoms with Gasteiger partial charge in [0.25, 0.3) is 11.8 Å². The van der Waals surface area contributed by atoms with Gasteiger partial charge in [-0.3, -0.25) is 9.59 Å². The summed E-state index contributed by atoms with van der Waals surface area (Å²) in [6.07, 6.45) is 0. The molecule has 3 aromatic carbocycles. The van der Waals surface area contributed by atoms with Crippen LogP contribution in [0.2, 0.25) is 0 Å². The quantitative estimate of drug-likeness (QED) is 0.440. The van der Waals surface area contributed by atoms with E-state index in [1.54, 1.807) is 31.4 Å². The molecule has 0 N–H and O–H groups in total. The highest BCUT2D eigenvalue weighted by Crippen LogP contribution is 2.40. The van der Waals surface area contributed by atoms with Crippen molar-refractivity contribution >= 4 is 34.8 Å². The molecule has 4 rings (SSSR count). The van der Waals surface area contributed by atoms with E-state index in [1.807, 2.05) is 61.5 Å². The SMILES string of the molecule is CCOc1ccc(C2=C(SCc3ccccc3)C(=O)N(c3ccc(OC)cc3)C2=O)cc1. The van der Waals surface area contributed by atoms with Gasteiger partial charge in [0, 0.05) is 5.75 Å². The molecule has 0 aromatic heterocycles. The van der Waals surface area contributed by atoms with E-state index in [0.29, 0.717) is 39.8 Å². The molecule has 0 fully saturated rings. The van der Waals surface area contributed by atoms with Crippen molar-refractivity contribution in [3.8, 4) is 11.5 Å². The molecule has 1 aliphatic rings. The monoisotopic (exact) mass is 445 g/mol. The molecule has 0 saturated carbocycles. The molecule has 32 heavy (non-hydrogen) atoms. The molecule has 0 radical (unpaired) electrons. The van der Waals surface area contributed by atoms with Gasteiger partial charge in [0.2, 0.25) is 0 Å². The van der Waals surface area contributed by atoms with E-state index in [2.05, 4.69) is 0 Å². The zero-order valence-corrected chi connectivity index (χ0v) is 18.7. The number of carbonyl (C=O) groups excluding carboxylic acids is 2. The number of anilines is 1. The Morgan fingerprint density at radius 2 is 1.47 bits per heavy atom. The lowest BCUT2D eigenvalue weighted by molar-refractivity contribution is -0.119. The molecule has 3 aromatic rings. The summed E-state index contributed by atoms with van der Waals surface area (Å²) < 4.78 is 10.7. The van der Waals surface area contributed by atoms with Crippen molar-refractivity contribution in [3.05, 3.63) is 94.9 Å². The summed E-state index contributed by atoms with van der Waals surface area (Å²) in [4.78, 5) is 28.6. The van der Waals surface area contributed by atoms with Crippen LogP contribution < -0.4 is 14.4 Å². The number of hydrogen-bond donors (Lipinski definition) is 0. The van der Waals surface area contributed by atoms with Gasteiger partial charge >= 0.3 is 0 Å². The smallest absolute Gasteiger partial charge is 0.272 e. The lowest BCUT2D eigenvalue weighted by Gasteiger charge is -2.15. The molecule has 6 heteroatoms. The highest BCUT2D eigenvalue weighted by molar-refractivity contribution is 8.03. The maximum Gasteiger partial charge on any atom is 0.272 e. The summed E-state index contributed by atoms with van der Waals surface area (Å²) in [7, 11) is 1.57. The number of imide groups is 1. The first-order valence-corrected chi connectivity index (χ1v) is 11.3. The van der Waals surface area contributed by atoms with Crippen molar-refractivity contribution < 1.29 is 19.1 Å². The van der Waals surface area contributed by atoms with E-state index in [1.165, 1.54) is 16.7 Å². The van der Waals surface area contributed by atoms with Crippen LogP contribution in [0.5, 0.6) is 11.5 Å². The Balaban J connectivity index is 1.70. The average Bonchev–Trinajstić information content (AvgIpc) is 3.08. The summed E-state index contributed by atoms with van der Waals surface area (Å²) in [6.45, 7) is 2.48. The molecule has 0 bridgehead atoms. The number of nitrogens with zero attached hydrogens (tertiary/aromatic N) is 1. The molecule has 162 valence electrons. The number of thioether (sulfide) groups is 1. The molecular formula is C26H23NO4S. The summed E-state index contributed by atoms with van der Waals surface area (Å²) in [5, 5.41) is 0. The first-order valence-electron chi connectivity index (χ1n) is 10.3. The van der Waals surface area contributed by atoms with Crippen LogP contribution in [0.15, 0.2) is 83.8 Å². The number of hydrogen-bond acceptors (Lipinski definition) is 5. The number of methoxy groups -OCH3 is 1. The largest absolute Gasteiger partial charge is 0.497 e. The second-order valence-electron chi connectivity index (χ2n) is 7.08. The maximum atomic E-state index is 13.5. The van der Waals surface area contributed by atoms with E-state index in [9.17, 15) is 9.59 Å². The van der Waals surface area contributed by atoms with E-state index < -0.39 is 0 Å². The van der Waals surface area contributed by atoms with Gasteiger partial charge in [0.05, 0.1) is 29.9 Å². The van der Waals surface area contributed by atoms with Crippen molar-refractivity contribution in [3.63, 3.8) is 0 Å². The van der Waals surface area contributed by atoms with E-state index >= 15 is 0 Å². The van der Waals surface area contributed by atoms with Crippen molar-refractivity contribution in [1.82, 2.24) is 0 Å². The number of ether oxygens (including phenoxy) is 2. The third-order valence-electron chi connectivity index (χ3n) is 5.05. The fourth-order valence-electron chi connectivity index (χ4n) is 3.48. The fourth-order valence-corrected chi connectivity index (χ4v) is 4.55. The lowest BCUT2D eigenvalue weighted by Crippen LogP contribution is -2.31. The zero-order chi connectivity index (χ0) is 22.5.